The van der Waals surface area contributed by atoms with Crippen LogP contribution in [0.15, 0.2) is 29.2 Å². The van der Waals surface area contributed by atoms with E-state index in [4.69, 9.17) is 4.74 Å². The smallest absolute Gasteiger partial charge is 0.338 e. The molecule has 1 aromatic heterocycles. The number of rotatable bonds is 8. The van der Waals surface area contributed by atoms with Gasteiger partial charge in [-0.15, -0.1) is 11.3 Å². The van der Waals surface area contributed by atoms with Crippen molar-refractivity contribution in [1.82, 2.24) is 10.0 Å². The largest absolute Gasteiger partial charge is 0.478 e. The maximum absolute atomic E-state index is 12.8. The number of anilines is 2. The number of benzene rings is 1. The Hall–Kier alpha value is -2.51. The fourth-order valence-corrected chi connectivity index (χ4v) is 6.57. The van der Waals surface area contributed by atoms with Crippen molar-refractivity contribution in [2.24, 2.45) is 0 Å². The first-order valence-electron chi connectivity index (χ1n) is 11.1. The van der Waals surface area contributed by atoms with Crippen molar-refractivity contribution in [3.63, 3.8) is 0 Å². The quantitative estimate of drug-likeness (QED) is 0.366. The second-order valence-electron chi connectivity index (χ2n) is 8.27. The van der Waals surface area contributed by atoms with Gasteiger partial charge in [-0.2, -0.15) is 0 Å². The van der Waals surface area contributed by atoms with E-state index >= 15 is 0 Å². The lowest BCUT2D eigenvalue weighted by Gasteiger charge is -2.24. The molecule has 2 aliphatic rings. The van der Waals surface area contributed by atoms with Crippen molar-refractivity contribution in [3.05, 3.63) is 40.3 Å². The molecule has 4 rings (SSSR count). The topological polar surface area (TPSA) is 146 Å². The number of carboxylic acids is 1. The summed E-state index contributed by atoms with van der Waals surface area (Å²) in [6.45, 7) is 2.63. The number of hydrogen-bond acceptors (Lipinski definition) is 8. The summed E-state index contributed by atoms with van der Waals surface area (Å²) in [5.41, 5.74) is 1.49. The Labute approximate surface area is 202 Å². The van der Waals surface area contributed by atoms with Gasteiger partial charge in [0, 0.05) is 30.6 Å². The fraction of sp³-hybridized carbons (Fsp3) is 0.455. The normalized spacial score (nSPS) is 20.4. The molecule has 0 aliphatic carbocycles. The van der Waals surface area contributed by atoms with Crippen LogP contribution < -0.4 is 20.7 Å². The van der Waals surface area contributed by atoms with Crippen LogP contribution in [0, 0.1) is 0 Å². The molecule has 0 bridgehead atoms. The first kappa shape index (κ1) is 24.6. The number of amides is 1. The Kier molecular flexibility index (Phi) is 7.53. The zero-order valence-electron chi connectivity index (χ0n) is 18.7. The van der Waals surface area contributed by atoms with E-state index in [-0.39, 0.29) is 35.2 Å². The average molecular weight is 509 g/mol. The number of carboxylic acid groups (broad SMARTS) is 1. The summed E-state index contributed by atoms with van der Waals surface area (Å²) in [6.07, 6.45) is 3.14. The van der Waals surface area contributed by atoms with Crippen LogP contribution in [-0.2, 0) is 26.0 Å². The molecule has 1 fully saturated rings. The van der Waals surface area contributed by atoms with Gasteiger partial charge in [0.2, 0.25) is 15.9 Å². The van der Waals surface area contributed by atoms with E-state index in [0.29, 0.717) is 30.3 Å². The molecular weight excluding hydrogens is 480 g/mol. The molecular formula is C22H28N4O6S2. The summed E-state index contributed by atoms with van der Waals surface area (Å²) in [5, 5.41) is 19.6. The number of ether oxygens (including phenoxy) is 1. The van der Waals surface area contributed by atoms with Crippen LogP contribution in [-0.4, -0.2) is 51.3 Å². The van der Waals surface area contributed by atoms with E-state index in [1.54, 1.807) is 0 Å². The van der Waals surface area contributed by atoms with Crippen molar-refractivity contribution in [2.45, 2.75) is 49.8 Å². The number of carbonyl (C=O) groups excluding carboxylic acids is 1. The second-order valence-corrected chi connectivity index (χ2v) is 11.1. The Bertz CT molecular complexity index is 1160. The highest BCUT2D eigenvalue weighted by Crippen LogP contribution is 2.40. The molecule has 2 aliphatic heterocycles. The number of fused-ring (bicyclic) bond motifs is 1. The van der Waals surface area contributed by atoms with Crippen LogP contribution in [0.4, 0.5) is 10.7 Å². The first-order valence-corrected chi connectivity index (χ1v) is 13.4. The zero-order valence-corrected chi connectivity index (χ0v) is 20.4. The SMILES string of the molecule is CC(=O)Nc1ccc(S(=O)(=O)NCC2NCCc3c2sc(NC2CCCCO2)c3C(=O)O)cc1. The van der Waals surface area contributed by atoms with E-state index in [1.807, 2.05) is 0 Å². The van der Waals surface area contributed by atoms with Crippen LogP contribution in [0.25, 0.3) is 0 Å². The van der Waals surface area contributed by atoms with E-state index in [0.717, 1.165) is 29.7 Å². The summed E-state index contributed by atoms with van der Waals surface area (Å²) in [5.74, 6) is -1.25. The van der Waals surface area contributed by atoms with Gasteiger partial charge in [-0.25, -0.2) is 17.9 Å². The second kappa shape index (κ2) is 10.4. The van der Waals surface area contributed by atoms with Gasteiger partial charge < -0.3 is 25.8 Å². The van der Waals surface area contributed by atoms with Crippen molar-refractivity contribution in [3.8, 4) is 0 Å². The van der Waals surface area contributed by atoms with Crippen LogP contribution in [0.5, 0.6) is 0 Å². The van der Waals surface area contributed by atoms with E-state index in [9.17, 15) is 23.1 Å². The molecule has 3 heterocycles. The molecule has 184 valence electrons. The minimum atomic E-state index is -3.80. The van der Waals surface area contributed by atoms with Crippen LogP contribution >= 0.6 is 11.3 Å². The van der Waals surface area contributed by atoms with E-state index < -0.39 is 16.0 Å². The monoisotopic (exact) mass is 508 g/mol. The third-order valence-electron chi connectivity index (χ3n) is 5.77. The highest BCUT2D eigenvalue weighted by molar-refractivity contribution is 7.89. The van der Waals surface area contributed by atoms with E-state index in [1.165, 1.54) is 42.5 Å². The summed E-state index contributed by atoms with van der Waals surface area (Å²) in [7, 11) is -3.80. The molecule has 12 heteroatoms. The minimum Gasteiger partial charge on any atom is -0.478 e. The summed E-state index contributed by atoms with van der Waals surface area (Å²) >= 11 is 1.34. The lowest BCUT2D eigenvalue weighted by Crippen LogP contribution is -2.38. The predicted octanol–water partition coefficient (Wildman–Crippen LogP) is 2.51. The summed E-state index contributed by atoms with van der Waals surface area (Å²) in [6, 6.07) is 5.54. The molecule has 1 amide bonds. The molecule has 0 saturated carbocycles. The highest BCUT2D eigenvalue weighted by Gasteiger charge is 2.32. The van der Waals surface area contributed by atoms with Gasteiger partial charge in [0.05, 0.1) is 16.5 Å². The maximum atomic E-state index is 12.8. The zero-order chi connectivity index (χ0) is 24.3. The number of carbonyl (C=O) groups is 2. The van der Waals surface area contributed by atoms with Gasteiger partial charge in [-0.1, -0.05) is 0 Å². The summed E-state index contributed by atoms with van der Waals surface area (Å²) < 4.78 is 34.0. The fourth-order valence-electron chi connectivity index (χ4n) is 4.17. The lowest BCUT2D eigenvalue weighted by atomic mass is 9.99. The third kappa shape index (κ3) is 5.58. The number of thiophene rings is 1. The van der Waals surface area contributed by atoms with Crippen molar-refractivity contribution in [1.29, 1.82) is 0 Å². The Balaban J connectivity index is 1.50. The Morgan fingerprint density at radius 1 is 1.24 bits per heavy atom. The van der Waals surface area contributed by atoms with Crippen LogP contribution in [0.2, 0.25) is 0 Å². The molecule has 2 unspecified atom stereocenters. The predicted molar refractivity (Wildman–Crippen MR) is 129 cm³/mol. The van der Waals surface area contributed by atoms with Crippen molar-refractivity contribution >= 4 is 43.9 Å². The molecule has 5 N–H and O–H groups in total. The maximum Gasteiger partial charge on any atom is 0.338 e. The number of sulfonamides is 1. The van der Waals surface area contributed by atoms with Crippen molar-refractivity contribution < 1.29 is 27.9 Å². The molecule has 10 nitrogen and oxygen atoms in total. The lowest BCUT2D eigenvalue weighted by molar-refractivity contribution is -0.114. The van der Waals surface area contributed by atoms with Gasteiger partial charge in [0.25, 0.3) is 0 Å². The summed E-state index contributed by atoms with van der Waals surface area (Å²) in [4.78, 5) is 24.1. The minimum absolute atomic E-state index is 0.0712. The standard InChI is InChI=1S/C22H28N4O6S2/c1-13(27)25-14-5-7-15(8-6-14)34(30,31)24-12-17-20-16(9-10-23-17)19(22(28)29)21(33-20)26-18-4-2-3-11-32-18/h5-8,17-18,23-24,26H,2-4,9-12H2,1H3,(H,25,27)(H,28,29). The number of nitrogens with one attached hydrogen (secondary N) is 4. The number of aromatic carboxylic acids is 1. The van der Waals surface area contributed by atoms with Crippen molar-refractivity contribution in [2.75, 3.05) is 30.3 Å². The molecule has 1 aromatic carbocycles. The molecule has 0 spiro atoms. The average Bonchev–Trinajstić information content (AvgIpc) is 3.17. The van der Waals surface area contributed by atoms with Crippen LogP contribution in [0.3, 0.4) is 0 Å². The first-order chi connectivity index (χ1) is 16.2. The molecule has 2 atom stereocenters. The van der Waals surface area contributed by atoms with Crippen LogP contribution in [0.1, 0.15) is 53.0 Å². The molecule has 34 heavy (non-hydrogen) atoms. The Morgan fingerprint density at radius 2 is 2.00 bits per heavy atom. The van der Waals surface area contributed by atoms with Gasteiger partial charge in [0.15, 0.2) is 0 Å². The highest BCUT2D eigenvalue weighted by atomic mass is 32.2. The van der Waals surface area contributed by atoms with Gasteiger partial charge in [0.1, 0.15) is 11.2 Å². The third-order valence-corrected chi connectivity index (χ3v) is 8.49. The van der Waals surface area contributed by atoms with Gasteiger partial charge in [-0.3, -0.25) is 4.79 Å². The molecule has 1 saturated heterocycles. The van der Waals surface area contributed by atoms with E-state index in [2.05, 4.69) is 20.7 Å². The molecule has 0 radical (unpaired) electrons. The van der Waals surface area contributed by atoms with Gasteiger partial charge in [-0.05, 0) is 62.1 Å². The Morgan fingerprint density at radius 3 is 2.65 bits per heavy atom. The number of hydrogen-bond donors (Lipinski definition) is 5. The molecule has 2 aromatic rings. The van der Waals surface area contributed by atoms with Gasteiger partial charge >= 0.3 is 5.97 Å².